The predicted molar refractivity (Wildman–Crippen MR) is 131 cm³/mol. The normalized spacial score (nSPS) is 18.8. The van der Waals surface area contributed by atoms with E-state index >= 15 is 0 Å². The predicted octanol–water partition coefficient (Wildman–Crippen LogP) is 3.73. The van der Waals surface area contributed by atoms with E-state index in [0.717, 1.165) is 22.4 Å². The highest BCUT2D eigenvalue weighted by atomic mass is 35.5. The minimum absolute atomic E-state index is 0.281. The zero-order valence-electron chi connectivity index (χ0n) is 18.7. The summed E-state index contributed by atoms with van der Waals surface area (Å²) in [6, 6.07) is 21.3. The Labute approximate surface area is 198 Å². The summed E-state index contributed by atoms with van der Waals surface area (Å²) in [7, 11) is 3.97. The molecule has 0 radical (unpaired) electrons. The lowest BCUT2D eigenvalue weighted by molar-refractivity contribution is -0.596. The fourth-order valence-corrected chi connectivity index (χ4v) is 3.92. The molecule has 2 atom stereocenters. The van der Waals surface area contributed by atoms with Crippen LogP contribution >= 0.6 is 11.6 Å². The van der Waals surface area contributed by atoms with Crippen LogP contribution in [0.25, 0.3) is 0 Å². The smallest absolute Gasteiger partial charge is 0.304 e. The average Bonchev–Trinajstić information content (AvgIpc) is 3.09. The van der Waals surface area contributed by atoms with Gasteiger partial charge in [0.05, 0.1) is 0 Å². The Morgan fingerprint density at radius 3 is 2.24 bits per heavy atom. The first kappa shape index (κ1) is 22.6. The molecule has 2 amide bonds. The van der Waals surface area contributed by atoms with Crippen molar-refractivity contribution in [2.45, 2.75) is 19.0 Å². The minimum Gasteiger partial charge on any atom is -0.378 e. The Morgan fingerprint density at radius 2 is 1.64 bits per heavy atom. The van der Waals surface area contributed by atoms with Gasteiger partial charge >= 0.3 is 5.91 Å². The summed E-state index contributed by atoms with van der Waals surface area (Å²) in [5.41, 5.74) is 7.32. The van der Waals surface area contributed by atoms with Gasteiger partial charge in [0.25, 0.3) is 5.91 Å². The van der Waals surface area contributed by atoms with Gasteiger partial charge in [-0.3, -0.25) is 9.59 Å². The van der Waals surface area contributed by atoms with Crippen molar-refractivity contribution in [3.05, 3.63) is 100 Å². The van der Waals surface area contributed by atoms with Crippen molar-refractivity contribution in [2.75, 3.05) is 19.0 Å². The van der Waals surface area contributed by atoms with Crippen LogP contribution in [-0.4, -0.2) is 42.9 Å². The lowest BCUT2D eigenvalue weighted by atomic mass is 9.99. The third-order valence-corrected chi connectivity index (χ3v) is 5.90. The second-order valence-corrected chi connectivity index (χ2v) is 8.75. The quantitative estimate of drug-likeness (QED) is 0.569. The highest BCUT2D eigenvalue weighted by Crippen LogP contribution is 2.27. The first-order valence-electron chi connectivity index (χ1n) is 10.7. The number of hydrazone groups is 1. The van der Waals surface area contributed by atoms with Crippen molar-refractivity contribution >= 4 is 35.3 Å². The maximum atomic E-state index is 13.0. The lowest BCUT2D eigenvalue weighted by Gasteiger charge is -2.15. The van der Waals surface area contributed by atoms with Crippen LogP contribution in [0.5, 0.6) is 0 Å². The molecule has 1 aliphatic rings. The molecule has 3 aromatic rings. The van der Waals surface area contributed by atoms with Crippen molar-refractivity contribution in [2.24, 2.45) is 0 Å². The second-order valence-electron chi connectivity index (χ2n) is 8.31. The van der Waals surface area contributed by atoms with E-state index in [4.69, 9.17) is 11.6 Å². The molecule has 6 nitrogen and oxygen atoms in total. The Kier molecular flexibility index (Phi) is 6.47. The Hall–Kier alpha value is -3.64. The standard InChI is InChI=1S/C26H25ClN4O2/c1-17-4-8-20(9-5-17)25(32)28-23-24(19-10-12-21(27)13-11-19)31(29-26(23)33)16-18-6-14-22(15-7-18)30(2)3/h4-16,23-24H,1-3H3,(H-,28,29,32,33)/p+1/t23-,24+/m0/s1. The zero-order chi connectivity index (χ0) is 23.5. The van der Waals surface area contributed by atoms with E-state index in [9.17, 15) is 9.59 Å². The number of nitrogens with zero attached hydrogens (tertiary/aromatic N) is 2. The van der Waals surface area contributed by atoms with E-state index in [1.807, 2.05) is 80.7 Å². The molecular weight excluding hydrogens is 436 g/mol. The third-order valence-electron chi connectivity index (χ3n) is 5.65. The van der Waals surface area contributed by atoms with Crippen LogP contribution in [0.4, 0.5) is 5.69 Å². The summed E-state index contributed by atoms with van der Waals surface area (Å²) in [4.78, 5) is 27.9. The maximum Gasteiger partial charge on any atom is 0.304 e. The van der Waals surface area contributed by atoms with Crippen LogP contribution in [0.2, 0.25) is 5.02 Å². The third kappa shape index (κ3) is 5.07. The number of carbonyl (C=O) groups is 2. The highest BCUT2D eigenvalue weighted by molar-refractivity contribution is 6.30. The summed E-state index contributed by atoms with van der Waals surface area (Å²) >= 11 is 6.09. The summed E-state index contributed by atoms with van der Waals surface area (Å²) in [6.45, 7) is 1.96. The van der Waals surface area contributed by atoms with Crippen molar-refractivity contribution in [1.82, 2.24) is 10.7 Å². The molecule has 1 fully saturated rings. The molecule has 0 saturated carbocycles. The molecule has 168 valence electrons. The molecule has 4 rings (SSSR count). The Balaban J connectivity index is 1.68. The van der Waals surface area contributed by atoms with E-state index in [0.29, 0.717) is 10.6 Å². The van der Waals surface area contributed by atoms with Gasteiger partial charge in [-0.25, -0.2) is 0 Å². The van der Waals surface area contributed by atoms with Gasteiger partial charge in [-0.2, -0.15) is 0 Å². The van der Waals surface area contributed by atoms with Gasteiger partial charge in [-0.15, -0.1) is 10.1 Å². The number of anilines is 1. The molecule has 1 heterocycles. The van der Waals surface area contributed by atoms with E-state index < -0.39 is 12.1 Å². The number of aryl methyl sites for hydroxylation is 1. The number of benzene rings is 3. The highest BCUT2D eigenvalue weighted by Gasteiger charge is 2.47. The van der Waals surface area contributed by atoms with Gasteiger partial charge in [0.1, 0.15) is 0 Å². The van der Waals surface area contributed by atoms with Crippen LogP contribution in [0, 0.1) is 6.92 Å². The van der Waals surface area contributed by atoms with Crippen LogP contribution in [0.1, 0.15) is 33.1 Å². The van der Waals surface area contributed by atoms with Crippen molar-refractivity contribution in [3.8, 4) is 0 Å². The van der Waals surface area contributed by atoms with Crippen LogP contribution in [0.15, 0.2) is 72.8 Å². The molecule has 2 N–H and O–H groups in total. The molecule has 0 spiro atoms. The molecule has 1 saturated heterocycles. The van der Waals surface area contributed by atoms with E-state index in [-0.39, 0.29) is 11.8 Å². The van der Waals surface area contributed by atoms with E-state index in [1.165, 1.54) is 0 Å². The van der Waals surface area contributed by atoms with Crippen LogP contribution in [-0.2, 0) is 4.79 Å². The molecule has 0 aliphatic carbocycles. The second kappa shape index (κ2) is 9.46. The number of hydrogen-bond donors (Lipinski definition) is 2. The summed E-state index contributed by atoms with van der Waals surface area (Å²) in [6.07, 6.45) is 1.87. The first-order valence-corrected chi connectivity index (χ1v) is 11.0. The Bertz CT molecular complexity index is 1190. The molecule has 7 heteroatoms. The zero-order valence-corrected chi connectivity index (χ0v) is 19.5. The number of nitrogens with one attached hydrogen (secondary N) is 2. The van der Waals surface area contributed by atoms with Gasteiger partial charge in [0, 0.05) is 41.5 Å². The maximum absolute atomic E-state index is 13.0. The van der Waals surface area contributed by atoms with Crippen molar-refractivity contribution in [1.29, 1.82) is 0 Å². The number of halogens is 1. The van der Waals surface area contributed by atoms with Gasteiger partial charge in [0.2, 0.25) is 12.3 Å². The summed E-state index contributed by atoms with van der Waals surface area (Å²) < 4.78 is 1.75. The van der Waals surface area contributed by atoms with Crippen molar-refractivity contribution < 1.29 is 14.3 Å². The van der Waals surface area contributed by atoms with Gasteiger partial charge in [-0.1, -0.05) is 41.4 Å². The molecule has 33 heavy (non-hydrogen) atoms. The first-order chi connectivity index (χ1) is 15.8. The molecule has 0 unspecified atom stereocenters. The monoisotopic (exact) mass is 461 g/mol. The molecule has 3 aromatic carbocycles. The minimum atomic E-state index is -0.780. The number of hydrazine groups is 1. The largest absolute Gasteiger partial charge is 0.378 e. The van der Waals surface area contributed by atoms with Crippen LogP contribution in [0.3, 0.4) is 0 Å². The topological polar surface area (TPSA) is 64.5 Å². The lowest BCUT2D eigenvalue weighted by Crippen LogP contribution is -2.42. The van der Waals surface area contributed by atoms with Crippen LogP contribution < -0.4 is 15.6 Å². The number of carbonyl (C=O) groups excluding carboxylic acids is 2. The molecule has 0 aromatic heterocycles. The number of hydrogen-bond acceptors (Lipinski definition) is 3. The average molecular weight is 462 g/mol. The molecule has 0 bridgehead atoms. The number of amides is 2. The summed E-state index contributed by atoms with van der Waals surface area (Å²) in [5, 5.41) is 3.52. The molecular formula is C26H26ClN4O2+. The van der Waals surface area contributed by atoms with E-state index in [2.05, 4.69) is 10.7 Å². The Morgan fingerprint density at radius 1 is 1.00 bits per heavy atom. The van der Waals surface area contributed by atoms with Crippen molar-refractivity contribution in [3.63, 3.8) is 0 Å². The van der Waals surface area contributed by atoms with Gasteiger partial charge in [0.15, 0.2) is 6.04 Å². The molecule has 1 aliphatic heterocycles. The van der Waals surface area contributed by atoms with Gasteiger partial charge in [-0.05, 0) is 55.5 Å². The SMILES string of the molecule is Cc1ccc(C(=O)N[C@@H]2C(=O)N/[N+](=C\c3ccc(N(C)C)cc3)[C@@H]2c2ccc(Cl)cc2)cc1. The number of rotatable bonds is 5. The summed E-state index contributed by atoms with van der Waals surface area (Å²) in [5.74, 6) is -0.581. The fourth-order valence-electron chi connectivity index (χ4n) is 3.79. The van der Waals surface area contributed by atoms with E-state index in [1.54, 1.807) is 28.9 Å². The van der Waals surface area contributed by atoms with Gasteiger partial charge < -0.3 is 10.2 Å². The fraction of sp³-hybridized carbons (Fsp3) is 0.192.